The molecule has 0 aliphatic heterocycles. The Morgan fingerprint density at radius 3 is 1.29 bits per heavy atom. The van der Waals surface area contributed by atoms with Gasteiger partial charge in [0.25, 0.3) is 0 Å². The molecule has 2 aromatic heterocycles. The minimum atomic E-state index is 0.615. The fraction of sp³-hybridized carbons (Fsp3) is 0. The lowest BCUT2D eigenvalue weighted by Gasteiger charge is -2.14. The van der Waals surface area contributed by atoms with Crippen molar-refractivity contribution in [1.29, 1.82) is 0 Å². The highest BCUT2D eigenvalue weighted by atomic mass is 15.0. The van der Waals surface area contributed by atoms with Crippen LogP contribution in [0, 0.1) is 0 Å². The van der Waals surface area contributed by atoms with Gasteiger partial charge in [-0.05, 0) is 74.8 Å². The molecule has 62 heavy (non-hydrogen) atoms. The van der Waals surface area contributed by atoms with Crippen LogP contribution in [0.1, 0.15) is 0 Å². The molecule has 0 aliphatic rings. The van der Waals surface area contributed by atoms with Gasteiger partial charge in [-0.25, -0.2) is 19.9 Å². The lowest BCUT2D eigenvalue weighted by atomic mass is 9.92. The third kappa shape index (κ3) is 7.10. The van der Waals surface area contributed by atoms with Crippen LogP contribution >= 0.6 is 0 Å². The van der Waals surface area contributed by atoms with Gasteiger partial charge in [0, 0.05) is 38.4 Å². The Morgan fingerprint density at radius 2 is 0.645 bits per heavy atom. The summed E-state index contributed by atoms with van der Waals surface area (Å²) in [6.45, 7) is 0. The normalized spacial score (nSPS) is 11.2. The molecule has 0 bridgehead atoms. The van der Waals surface area contributed by atoms with Crippen molar-refractivity contribution in [3.05, 3.63) is 231 Å². The zero-order valence-electron chi connectivity index (χ0n) is 33.7. The predicted molar refractivity (Wildman–Crippen MR) is 256 cm³/mol. The second-order valence-corrected chi connectivity index (χ2v) is 15.4. The third-order valence-corrected chi connectivity index (χ3v) is 11.5. The van der Waals surface area contributed by atoms with Gasteiger partial charge in [-0.3, -0.25) is 0 Å². The van der Waals surface area contributed by atoms with Crippen LogP contribution in [0.3, 0.4) is 0 Å². The van der Waals surface area contributed by atoms with Crippen molar-refractivity contribution < 1.29 is 0 Å². The topological polar surface area (TPSA) is 51.6 Å². The first-order valence-electron chi connectivity index (χ1n) is 20.9. The van der Waals surface area contributed by atoms with Crippen molar-refractivity contribution in [1.82, 2.24) is 19.9 Å². The molecule has 0 radical (unpaired) electrons. The predicted octanol–water partition coefficient (Wildman–Crippen LogP) is 14.9. The molecule has 0 unspecified atom stereocenters. The second-order valence-electron chi connectivity index (χ2n) is 15.4. The van der Waals surface area contributed by atoms with Crippen LogP contribution in [-0.4, -0.2) is 19.9 Å². The molecule has 0 atom stereocenters. The fourth-order valence-corrected chi connectivity index (χ4v) is 8.44. The summed E-state index contributed by atoms with van der Waals surface area (Å²) in [5, 5.41) is 3.49. The third-order valence-electron chi connectivity index (χ3n) is 11.5. The highest BCUT2D eigenvalue weighted by Crippen LogP contribution is 2.40. The number of pyridine rings is 1. The number of fused-ring (bicyclic) bond motifs is 3. The summed E-state index contributed by atoms with van der Waals surface area (Å²) in [5.74, 6) is 1.86. The summed E-state index contributed by atoms with van der Waals surface area (Å²) in [6.07, 6.45) is 0. The molecule has 0 spiro atoms. The van der Waals surface area contributed by atoms with Crippen LogP contribution in [-0.2, 0) is 0 Å². The van der Waals surface area contributed by atoms with Crippen LogP contribution in [0.25, 0.3) is 112 Å². The van der Waals surface area contributed by atoms with Gasteiger partial charge in [-0.1, -0.05) is 200 Å². The van der Waals surface area contributed by atoms with E-state index in [4.69, 9.17) is 19.9 Å². The largest absolute Gasteiger partial charge is 0.247 e. The van der Waals surface area contributed by atoms with E-state index in [9.17, 15) is 0 Å². The fourth-order valence-electron chi connectivity index (χ4n) is 8.44. The summed E-state index contributed by atoms with van der Waals surface area (Å²) in [5.41, 5.74) is 14.8. The van der Waals surface area contributed by atoms with E-state index in [1.165, 1.54) is 10.9 Å². The first kappa shape index (κ1) is 36.7. The minimum absolute atomic E-state index is 0.615. The molecule has 0 saturated heterocycles. The molecule has 9 aromatic carbocycles. The van der Waals surface area contributed by atoms with Crippen LogP contribution < -0.4 is 0 Å². The molecule has 0 fully saturated rings. The number of rotatable bonds is 8. The quantitative estimate of drug-likeness (QED) is 0.144. The Hall–Kier alpha value is -8.34. The molecular weight excluding hydrogens is 753 g/mol. The molecule has 11 aromatic rings. The number of nitrogens with zero attached hydrogens (tertiary/aromatic N) is 4. The smallest absolute Gasteiger partial charge is 0.164 e. The van der Waals surface area contributed by atoms with Crippen LogP contribution in [0.15, 0.2) is 231 Å². The first-order valence-corrected chi connectivity index (χ1v) is 20.9. The van der Waals surface area contributed by atoms with E-state index >= 15 is 0 Å². The SMILES string of the molecule is c1ccc(-c2cc(-c3ccccc3)cc(-c3nc(-c4ccccc4)nc(-c4cccc(-c5ccc(-c6cccc7c(-c8ccccc8)nc8ccccc8c67)cc5)c4)n3)c2)cc1. The average Bonchev–Trinajstić information content (AvgIpc) is 3.37. The summed E-state index contributed by atoms with van der Waals surface area (Å²) in [4.78, 5) is 20.6. The van der Waals surface area contributed by atoms with Gasteiger partial charge >= 0.3 is 0 Å². The van der Waals surface area contributed by atoms with Gasteiger partial charge in [-0.15, -0.1) is 0 Å². The lowest BCUT2D eigenvalue weighted by Crippen LogP contribution is -2.00. The standard InChI is InChI=1S/C58H38N4/c1-5-17-39(18-6-1)47-36-48(40-19-7-2-8-20-40)38-49(37-47)58-61-56(44-23-11-4-12-24-44)60-57(62-58)46-26-15-25-45(35-46)41-31-33-42(34-32-41)50-28-16-29-52-54(50)51-27-13-14-30-53(51)59-55(52)43-21-9-3-10-22-43/h1-38H. The second kappa shape index (κ2) is 16.0. The van der Waals surface area contributed by atoms with E-state index in [-0.39, 0.29) is 0 Å². The lowest BCUT2D eigenvalue weighted by molar-refractivity contribution is 1.07. The summed E-state index contributed by atoms with van der Waals surface area (Å²) >= 11 is 0. The van der Waals surface area contributed by atoms with Gasteiger partial charge in [0.1, 0.15) is 0 Å². The van der Waals surface area contributed by atoms with Crippen molar-refractivity contribution >= 4 is 21.7 Å². The monoisotopic (exact) mass is 790 g/mol. The van der Waals surface area contributed by atoms with Crippen LogP contribution in [0.5, 0.6) is 0 Å². The number of benzene rings is 9. The van der Waals surface area contributed by atoms with Gasteiger partial charge in [0.05, 0.1) is 11.2 Å². The van der Waals surface area contributed by atoms with E-state index in [0.717, 1.165) is 83.2 Å². The van der Waals surface area contributed by atoms with Gasteiger partial charge in [-0.2, -0.15) is 0 Å². The van der Waals surface area contributed by atoms with Crippen molar-refractivity contribution in [3.8, 4) is 89.9 Å². The van der Waals surface area contributed by atoms with E-state index in [0.29, 0.717) is 17.5 Å². The molecule has 11 rings (SSSR count). The number of hydrogen-bond acceptors (Lipinski definition) is 4. The zero-order chi connectivity index (χ0) is 41.2. The summed E-state index contributed by atoms with van der Waals surface area (Å²) in [6, 6.07) is 80.6. The van der Waals surface area contributed by atoms with Crippen molar-refractivity contribution in [2.24, 2.45) is 0 Å². The van der Waals surface area contributed by atoms with Crippen LogP contribution in [0.2, 0.25) is 0 Å². The van der Waals surface area contributed by atoms with Crippen molar-refractivity contribution in [2.45, 2.75) is 0 Å². The molecule has 4 heteroatoms. The van der Waals surface area contributed by atoms with E-state index in [1.54, 1.807) is 0 Å². The Labute approximate surface area is 360 Å². The molecule has 0 amide bonds. The number of aromatic nitrogens is 4. The molecule has 4 nitrogen and oxygen atoms in total. The zero-order valence-corrected chi connectivity index (χ0v) is 33.7. The Bertz CT molecular complexity index is 3310. The molecule has 0 aliphatic carbocycles. The average molecular weight is 791 g/mol. The number of hydrogen-bond donors (Lipinski definition) is 0. The van der Waals surface area contributed by atoms with Crippen LogP contribution in [0.4, 0.5) is 0 Å². The molecule has 0 N–H and O–H groups in total. The maximum absolute atomic E-state index is 5.21. The van der Waals surface area contributed by atoms with Crippen molar-refractivity contribution in [2.75, 3.05) is 0 Å². The van der Waals surface area contributed by atoms with E-state index in [2.05, 4.69) is 182 Å². The van der Waals surface area contributed by atoms with Gasteiger partial charge in [0.15, 0.2) is 17.5 Å². The Kier molecular flexibility index (Phi) is 9.49. The van der Waals surface area contributed by atoms with E-state index in [1.807, 2.05) is 48.5 Å². The summed E-state index contributed by atoms with van der Waals surface area (Å²) in [7, 11) is 0. The molecule has 290 valence electrons. The minimum Gasteiger partial charge on any atom is -0.247 e. The maximum atomic E-state index is 5.21. The molecular formula is C58H38N4. The van der Waals surface area contributed by atoms with Crippen molar-refractivity contribution in [3.63, 3.8) is 0 Å². The summed E-state index contributed by atoms with van der Waals surface area (Å²) < 4.78 is 0. The highest BCUT2D eigenvalue weighted by molar-refractivity contribution is 6.17. The number of para-hydroxylation sites is 1. The van der Waals surface area contributed by atoms with E-state index < -0.39 is 0 Å². The molecule has 0 saturated carbocycles. The highest BCUT2D eigenvalue weighted by Gasteiger charge is 2.17. The Morgan fingerprint density at radius 1 is 0.226 bits per heavy atom. The van der Waals surface area contributed by atoms with Gasteiger partial charge in [0.2, 0.25) is 0 Å². The first-order chi connectivity index (χ1) is 30.7. The Balaban J connectivity index is 1.00. The molecule has 2 heterocycles. The maximum Gasteiger partial charge on any atom is 0.164 e. The van der Waals surface area contributed by atoms with Gasteiger partial charge < -0.3 is 0 Å².